The van der Waals surface area contributed by atoms with E-state index >= 15 is 0 Å². The molecule has 1 amide bonds. The van der Waals surface area contributed by atoms with Gasteiger partial charge < -0.3 is 14.2 Å². The molecule has 1 aliphatic heterocycles. The molecule has 4 aromatic rings. The highest BCUT2D eigenvalue weighted by Crippen LogP contribution is 2.48. The Balaban J connectivity index is 1.10. The minimum Gasteiger partial charge on any atom is -0.588 e. The van der Waals surface area contributed by atoms with Crippen LogP contribution in [0.25, 0.3) is 10.9 Å². The molecule has 2 aliphatic rings. The first-order valence-electron chi connectivity index (χ1n) is 13.3. The van der Waals surface area contributed by atoms with E-state index in [1.54, 1.807) is 37.6 Å². The van der Waals surface area contributed by atoms with Gasteiger partial charge in [-0.25, -0.2) is 4.72 Å². The third-order valence-corrected chi connectivity index (χ3v) is 9.01. The number of pyridine rings is 1. The van der Waals surface area contributed by atoms with Gasteiger partial charge in [-0.2, -0.15) is 0 Å². The van der Waals surface area contributed by atoms with Crippen LogP contribution >= 0.6 is 0 Å². The fourth-order valence-corrected chi connectivity index (χ4v) is 6.51. The number of carbonyl (C=O) groups is 1. The third-order valence-electron chi connectivity index (χ3n) is 7.86. The molecule has 3 aromatic carbocycles. The number of hydrogen-bond donors (Lipinski definition) is 1. The number of hydrogen-bond acceptors (Lipinski definition) is 6. The third kappa shape index (κ3) is 5.32. The Kier molecular flexibility index (Phi) is 7.16. The van der Waals surface area contributed by atoms with Crippen molar-refractivity contribution in [1.82, 2.24) is 14.8 Å². The van der Waals surface area contributed by atoms with E-state index in [2.05, 4.69) is 44.9 Å². The van der Waals surface area contributed by atoms with Crippen molar-refractivity contribution in [3.8, 4) is 5.75 Å². The molecule has 0 spiro atoms. The molecule has 1 aliphatic carbocycles. The zero-order chi connectivity index (χ0) is 26.8. The zero-order valence-corrected chi connectivity index (χ0v) is 22.8. The Bertz CT molecular complexity index is 1460. The number of amides is 1. The number of nitrogens with zero attached hydrogens (tertiary/aromatic N) is 3. The maximum absolute atomic E-state index is 13.4. The first-order chi connectivity index (χ1) is 19.1. The Morgan fingerprint density at radius 1 is 1.00 bits per heavy atom. The number of methoxy groups -OCH3 is 1. The summed E-state index contributed by atoms with van der Waals surface area (Å²) in [7, 11) is 1.55. The van der Waals surface area contributed by atoms with E-state index in [0.29, 0.717) is 40.5 Å². The van der Waals surface area contributed by atoms with Crippen molar-refractivity contribution in [2.24, 2.45) is 0 Å². The first-order valence-corrected chi connectivity index (χ1v) is 14.5. The molecular formula is C31H32N4O3S. The van der Waals surface area contributed by atoms with Crippen LogP contribution in [0, 0.1) is 0 Å². The smallest absolute Gasteiger partial charge is 0.257 e. The number of carbonyl (C=O) groups excluding carboxylic acids is 1. The van der Waals surface area contributed by atoms with Crippen LogP contribution < -0.4 is 9.46 Å². The molecule has 2 heterocycles. The fraction of sp³-hybridized carbons (Fsp3) is 0.290. The van der Waals surface area contributed by atoms with Gasteiger partial charge in [0.25, 0.3) is 5.91 Å². The van der Waals surface area contributed by atoms with Crippen LogP contribution in [0.5, 0.6) is 5.75 Å². The summed E-state index contributed by atoms with van der Waals surface area (Å²) in [6.45, 7) is 4.14. The Hall–Kier alpha value is -3.59. The van der Waals surface area contributed by atoms with Gasteiger partial charge in [0.2, 0.25) is 4.90 Å². The highest BCUT2D eigenvalue weighted by molar-refractivity contribution is 7.93. The lowest BCUT2D eigenvalue weighted by Gasteiger charge is -2.37. The summed E-state index contributed by atoms with van der Waals surface area (Å²) in [6, 6.07) is 25.5. The van der Waals surface area contributed by atoms with Gasteiger partial charge in [-0.3, -0.25) is 14.7 Å². The monoisotopic (exact) mass is 540 g/mol. The SMILES string of the molecule is COc1cc(N[S+]([O-])c2cccc3cccnc23)ccc1C(=O)N1CCN(CC2(c3ccccc3)CC2)CC1. The van der Waals surface area contributed by atoms with Crippen molar-refractivity contribution in [1.29, 1.82) is 0 Å². The van der Waals surface area contributed by atoms with E-state index in [1.807, 2.05) is 29.2 Å². The normalized spacial score (nSPS) is 17.5. The topological polar surface area (TPSA) is 80.8 Å². The van der Waals surface area contributed by atoms with Crippen LogP contribution in [0.2, 0.25) is 0 Å². The number of ether oxygens (including phenoxy) is 1. The highest BCUT2D eigenvalue weighted by Gasteiger charge is 2.45. The molecule has 1 unspecified atom stereocenters. The van der Waals surface area contributed by atoms with Crippen molar-refractivity contribution >= 4 is 33.9 Å². The molecule has 1 N–H and O–H groups in total. The van der Waals surface area contributed by atoms with Crippen LogP contribution in [-0.2, 0) is 16.8 Å². The number of rotatable bonds is 8. The van der Waals surface area contributed by atoms with Crippen LogP contribution in [0.3, 0.4) is 0 Å². The summed E-state index contributed by atoms with van der Waals surface area (Å²) in [4.78, 5) is 22.8. The van der Waals surface area contributed by atoms with Crippen molar-refractivity contribution in [3.63, 3.8) is 0 Å². The average Bonchev–Trinajstić information content (AvgIpc) is 3.77. The van der Waals surface area contributed by atoms with Gasteiger partial charge in [-0.1, -0.05) is 48.5 Å². The lowest BCUT2D eigenvalue weighted by molar-refractivity contribution is 0.0622. The van der Waals surface area contributed by atoms with Crippen molar-refractivity contribution in [2.75, 3.05) is 44.6 Å². The van der Waals surface area contributed by atoms with E-state index in [4.69, 9.17) is 4.74 Å². The van der Waals surface area contributed by atoms with E-state index in [-0.39, 0.29) is 11.3 Å². The largest absolute Gasteiger partial charge is 0.588 e. The number of nitrogens with one attached hydrogen (secondary N) is 1. The van der Waals surface area contributed by atoms with Gasteiger partial charge in [-0.05, 0) is 42.7 Å². The lowest BCUT2D eigenvalue weighted by atomic mass is 9.95. The van der Waals surface area contributed by atoms with Crippen LogP contribution in [0.15, 0.2) is 90.0 Å². The molecule has 1 saturated heterocycles. The minimum absolute atomic E-state index is 0.0402. The quantitative estimate of drug-likeness (QED) is 0.321. The molecule has 200 valence electrons. The van der Waals surface area contributed by atoms with Gasteiger partial charge in [0.05, 0.1) is 18.4 Å². The van der Waals surface area contributed by atoms with Gasteiger partial charge in [-0.15, -0.1) is 0 Å². The van der Waals surface area contributed by atoms with E-state index < -0.39 is 11.4 Å². The van der Waals surface area contributed by atoms with Crippen LogP contribution in [0.4, 0.5) is 5.69 Å². The zero-order valence-electron chi connectivity index (χ0n) is 22.0. The van der Waals surface area contributed by atoms with E-state index in [0.717, 1.165) is 25.0 Å². The van der Waals surface area contributed by atoms with Crippen molar-refractivity contribution < 1.29 is 14.1 Å². The molecule has 1 aromatic heterocycles. The molecule has 7 nitrogen and oxygen atoms in total. The molecule has 2 fully saturated rings. The summed E-state index contributed by atoms with van der Waals surface area (Å²) in [5.74, 6) is 0.420. The summed E-state index contributed by atoms with van der Waals surface area (Å²) in [5, 5.41) is 0.927. The Morgan fingerprint density at radius 2 is 1.77 bits per heavy atom. The summed E-state index contributed by atoms with van der Waals surface area (Å²) >= 11 is -1.53. The van der Waals surface area contributed by atoms with Crippen LogP contribution in [-0.4, -0.2) is 65.1 Å². The van der Waals surface area contributed by atoms with Gasteiger partial charge >= 0.3 is 0 Å². The maximum atomic E-state index is 13.4. The number of benzene rings is 3. The average molecular weight is 541 g/mol. The van der Waals surface area contributed by atoms with Crippen molar-refractivity contribution in [3.05, 3.63) is 96.2 Å². The fourth-order valence-electron chi connectivity index (χ4n) is 5.51. The number of anilines is 1. The molecule has 6 rings (SSSR count). The molecule has 1 saturated carbocycles. The van der Waals surface area contributed by atoms with Gasteiger partial charge in [0.1, 0.15) is 22.6 Å². The maximum Gasteiger partial charge on any atom is 0.257 e. The molecular weight excluding hydrogens is 508 g/mol. The van der Waals surface area contributed by atoms with E-state index in [9.17, 15) is 9.35 Å². The highest BCUT2D eigenvalue weighted by atomic mass is 32.2. The standard InChI is InChI=1S/C31H32N4O3S/c1-38-27-21-25(33-39(37)28-11-5-7-23-8-6-16-32-29(23)28)12-13-26(27)30(36)35-19-17-34(18-20-35)22-31(14-15-31)24-9-3-2-4-10-24/h2-13,16,21,33H,14-15,17-20,22H2,1H3. The molecule has 8 heteroatoms. The summed E-state index contributed by atoms with van der Waals surface area (Å²) in [6.07, 6.45) is 4.16. The molecule has 0 radical (unpaired) electrons. The Labute approximate surface area is 232 Å². The van der Waals surface area contributed by atoms with Crippen molar-refractivity contribution in [2.45, 2.75) is 23.2 Å². The molecule has 39 heavy (non-hydrogen) atoms. The van der Waals surface area contributed by atoms with Gasteiger partial charge in [0, 0.05) is 55.8 Å². The Morgan fingerprint density at radius 3 is 2.51 bits per heavy atom. The van der Waals surface area contributed by atoms with Crippen LogP contribution in [0.1, 0.15) is 28.8 Å². The van der Waals surface area contributed by atoms with E-state index in [1.165, 1.54) is 18.4 Å². The lowest BCUT2D eigenvalue weighted by Crippen LogP contribution is -2.50. The number of para-hydroxylation sites is 1. The number of fused-ring (bicyclic) bond motifs is 1. The second-order valence-corrected chi connectivity index (χ2v) is 11.5. The summed E-state index contributed by atoms with van der Waals surface area (Å²) in [5.41, 5.74) is 3.52. The van der Waals surface area contributed by atoms with Gasteiger partial charge in [0.15, 0.2) is 0 Å². The number of aromatic nitrogens is 1. The second-order valence-electron chi connectivity index (χ2n) is 10.3. The second kappa shape index (κ2) is 10.9. The molecule has 1 atom stereocenters. The number of piperazine rings is 1. The molecule has 0 bridgehead atoms. The summed E-state index contributed by atoms with van der Waals surface area (Å²) < 4.78 is 21.8. The minimum atomic E-state index is -1.53. The predicted octanol–water partition coefficient (Wildman–Crippen LogP) is 4.87. The predicted molar refractivity (Wildman–Crippen MR) is 154 cm³/mol. The first kappa shape index (κ1) is 25.7.